The van der Waals surface area contributed by atoms with Crippen molar-refractivity contribution in [1.29, 1.82) is 0 Å². The monoisotopic (exact) mass is 287 g/mol. The first-order valence-electron chi connectivity index (χ1n) is 6.50. The fourth-order valence-corrected chi connectivity index (χ4v) is 1.85. The Hall–Kier alpha value is -2.70. The molecule has 0 spiro atoms. The van der Waals surface area contributed by atoms with E-state index in [2.05, 4.69) is 20.7 Å². The van der Waals surface area contributed by atoms with Crippen LogP contribution in [0.4, 0.5) is 0 Å². The van der Waals surface area contributed by atoms with Gasteiger partial charge in [-0.15, -0.1) is 0 Å². The average molecular weight is 287 g/mol. The van der Waals surface area contributed by atoms with Crippen molar-refractivity contribution in [3.05, 3.63) is 36.3 Å². The molecule has 7 nitrogen and oxygen atoms in total. The van der Waals surface area contributed by atoms with Crippen molar-refractivity contribution in [3.8, 4) is 11.3 Å². The first-order valence-corrected chi connectivity index (χ1v) is 6.50. The molecule has 0 aromatic carbocycles. The number of amides is 2. The van der Waals surface area contributed by atoms with Crippen LogP contribution < -0.4 is 10.6 Å². The molecular weight excluding hydrogens is 270 g/mol. The second-order valence-corrected chi connectivity index (χ2v) is 4.60. The molecule has 0 bridgehead atoms. The zero-order chi connectivity index (χ0) is 15.2. The van der Waals surface area contributed by atoms with Gasteiger partial charge in [0.05, 0.1) is 18.4 Å². The largest absolute Gasteiger partial charge is 0.350 e. The maximum absolute atomic E-state index is 11.6. The Labute approximate surface area is 122 Å². The number of aromatic nitrogens is 3. The molecule has 0 aliphatic rings. The third kappa shape index (κ3) is 4.13. The van der Waals surface area contributed by atoms with Crippen LogP contribution in [-0.4, -0.2) is 33.1 Å². The van der Waals surface area contributed by atoms with E-state index in [1.807, 2.05) is 25.4 Å². The van der Waals surface area contributed by atoms with Crippen LogP contribution in [0.3, 0.4) is 0 Å². The molecule has 2 N–H and O–H groups in total. The summed E-state index contributed by atoms with van der Waals surface area (Å²) in [6.45, 7) is 1.68. The number of aryl methyl sites for hydroxylation is 1. The molecule has 0 fully saturated rings. The highest BCUT2D eigenvalue weighted by Gasteiger charge is 2.09. The SMILES string of the molecule is CC(=O)NCC(=O)NCc1cccnc1-c1cnn(C)c1. The number of carbonyl (C=O) groups excluding carboxylic acids is 2. The van der Waals surface area contributed by atoms with E-state index < -0.39 is 0 Å². The number of pyridine rings is 1. The minimum Gasteiger partial charge on any atom is -0.350 e. The topological polar surface area (TPSA) is 88.9 Å². The maximum Gasteiger partial charge on any atom is 0.239 e. The molecule has 21 heavy (non-hydrogen) atoms. The number of nitrogens with zero attached hydrogens (tertiary/aromatic N) is 3. The number of carbonyl (C=O) groups is 2. The van der Waals surface area contributed by atoms with Crippen molar-refractivity contribution in [2.75, 3.05) is 6.54 Å². The van der Waals surface area contributed by atoms with Gasteiger partial charge in [0.25, 0.3) is 0 Å². The van der Waals surface area contributed by atoms with Crippen LogP contribution in [0.5, 0.6) is 0 Å². The van der Waals surface area contributed by atoms with Gasteiger partial charge in [-0.1, -0.05) is 6.07 Å². The molecule has 7 heteroatoms. The van der Waals surface area contributed by atoms with E-state index in [1.165, 1.54) is 6.92 Å². The van der Waals surface area contributed by atoms with E-state index in [0.29, 0.717) is 6.54 Å². The van der Waals surface area contributed by atoms with E-state index in [4.69, 9.17) is 0 Å². The summed E-state index contributed by atoms with van der Waals surface area (Å²) >= 11 is 0. The lowest BCUT2D eigenvalue weighted by Gasteiger charge is -2.09. The third-order valence-electron chi connectivity index (χ3n) is 2.84. The van der Waals surface area contributed by atoms with Gasteiger partial charge in [-0.2, -0.15) is 5.10 Å². The summed E-state index contributed by atoms with van der Waals surface area (Å²) in [5, 5.41) is 9.32. The lowest BCUT2D eigenvalue weighted by molar-refractivity contribution is -0.125. The standard InChI is InChI=1S/C14H17N5O2/c1-10(20)16-8-13(21)17-6-11-4-3-5-15-14(11)12-7-18-19(2)9-12/h3-5,7,9H,6,8H2,1-2H3,(H,16,20)(H,17,21). The Morgan fingerprint density at radius 2 is 2.14 bits per heavy atom. The molecule has 0 atom stereocenters. The molecular formula is C14H17N5O2. The second kappa shape index (κ2) is 6.65. The second-order valence-electron chi connectivity index (χ2n) is 4.60. The van der Waals surface area contributed by atoms with Crippen LogP contribution in [0, 0.1) is 0 Å². The normalized spacial score (nSPS) is 10.2. The van der Waals surface area contributed by atoms with Gasteiger partial charge in [-0.25, -0.2) is 0 Å². The Kier molecular flexibility index (Phi) is 4.65. The van der Waals surface area contributed by atoms with Crippen LogP contribution in [-0.2, 0) is 23.2 Å². The number of nitrogens with one attached hydrogen (secondary N) is 2. The Morgan fingerprint density at radius 3 is 2.81 bits per heavy atom. The lowest BCUT2D eigenvalue weighted by Crippen LogP contribution is -2.35. The zero-order valence-corrected chi connectivity index (χ0v) is 12.0. The van der Waals surface area contributed by atoms with Crippen LogP contribution in [0.1, 0.15) is 12.5 Å². The molecule has 0 radical (unpaired) electrons. The highest BCUT2D eigenvalue weighted by atomic mass is 16.2. The van der Waals surface area contributed by atoms with Gasteiger partial charge in [-0.05, 0) is 11.6 Å². The van der Waals surface area contributed by atoms with E-state index in [9.17, 15) is 9.59 Å². The maximum atomic E-state index is 11.6. The summed E-state index contributed by atoms with van der Waals surface area (Å²) < 4.78 is 1.70. The van der Waals surface area contributed by atoms with Crippen LogP contribution in [0.15, 0.2) is 30.7 Å². The third-order valence-corrected chi connectivity index (χ3v) is 2.84. The van der Waals surface area contributed by atoms with Gasteiger partial charge in [0.1, 0.15) is 0 Å². The summed E-state index contributed by atoms with van der Waals surface area (Å²) in [6.07, 6.45) is 5.29. The van der Waals surface area contributed by atoms with E-state index in [0.717, 1.165) is 16.8 Å². The number of hydrogen-bond acceptors (Lipinski definition) is 4. The van der Waals surface area contributed by atoms with Crippen LogP contribution in [0.25, 0.3) is 11.3 Å². The summed E-state index contributed by atoms with van der Waals surface area (Å²) in [4.78, 5) is 26.7. The zero-order valence-electron chi connectivity index (χ0n) is 12.0. The summed E-state index contributed by atoms with van der Waals surface area (Å²) in [5.74, 6) is -0.478. The van der Waals surface area contributed by atoms with Crippen LogP contribution in [0.2, 0.25) is 0 Å². The highest BCUT2D eigenvalue weighted by molar-refractivity contribution is 5.83. The van der Waals surface area contributed by atoms with Crippen molar-refractivity contribution in [2.45, 2.75) is 13.5 Å². The molecule has 2 heterocycles. The number of rotatable bonds is 5. The summed E-state index contributed by atoms with van der Waals surface area (Å²) in [6, 6.07) is 3.71. The number of hydrogen-bond donors (Lipinski definition) is 2. The van der Waals surface area contributed by atoms with Crippen LogP contribution >= 0.6 is 0 Å². The quantitative estimate of drug-likeness (QED) is 0.824. The fraction of sp³-hybridized carbons (Fsp3) is 0.286. The molecule has 0 aliphatic carbocycles. The Morgan fingerprint density at radius 1 is 1.33 bits per heavy atom. The van der Waals surface area contributed by atoms with Gasteiger partial charge in [0.2, 0.25) is 11.8 Å². The van der Waals surface area contributed by atoms with Crippen molar-refractivity contribution in [2.24, 2.45) is 7.05 Å². The average Bonchev–Trinajstić information content (AvgIpc) is 2.89. The molecule has 2 amide bonds. The Balaban J connectivity index is 2.04. The van der Waals surface area contributed by atoms with Gasteiger partial charge < -0.3 is 10.6 Å². The predicted molar refractivity (Wildman–Crippen MR) is 77.0 cm³/mol. The van der Waals surface area contributed by atoms with Crippen molar-refractivity contribution < 1.29 is 9.59 Å². The van der Waals surface area contributed by atoms with Gasteiger partial charge in [-0.3, -0.25) is 19.3 Å². The molecule has 110 valence electrons. The molecule has 2 rings (SSSR count). The summed E-state index contributed by atoms with van der Waals surface area (Å²) in [7, 11) is 1.83. The van der Waals surface area contributed by atoms with Crippen molar-refractivity contribution in [1.82, 2.24) is 25.4 Å². The molecule has 0 saturated heterocycles. The van der Waals surface area contributed by atoms with Gasteiger partial charge in [0.15, 0.2) is 0 Å². The van der Waals surface area contributed by atoms with E-state index >= 15 is 0 Å². The first kappa shape index (κ1) is 14.7. The molecule has 0 aliphatic heterocycles. The summed E-state index contributed by atoms with van der Waals surface area (Å²) in [5.41, 5.74) is 2.57. The van der Waals surface area contributed by atoms with Crippen molar-refractivity contribution >= 4 is 11.8 Å². The van der Waals surface area contributed by atoms with Gasteiger partial charge in [0, 0.05) is 38.5 Å². The molecule has 0 saturated carbocycles. The highest BCUT2D eigenvalue weighted by Crippen LogP contribution is 2.19. The Bertz CT molecular complexity index is 650. The predicted octanol–water partition coefficient (Wildman–Crippen LogP) is 0.234. The first-order chi connectivity index (χ1) is 10.1. The van der Waals surface area contributed by atoms with Gasteiger partial charge >= 0.3 is 0 Å². The molecule has 2 aromatic rings. The minimum absolute atomic E-state index is 0.0299. The van der Waals surface area contributed by atoms with Crippen molar-refractivity contribution in [3.63, 3.8) is 0 Å². The fourth-order valence-electron chi connectivity index (χ4n) is 1.85. The lowest BCUT2D eigenvalue weighted by atomic mass is 10.1. The smallest absolute Gasteiger partial charge is 0.239 e. The molecule has 0 unspecified atom stereocenters. The minimum atomic E-state index is -0.244. The van der Waals surface area contributed by atoms with E-state index in [-0.39, 0.29) is 18.4 Å². The molecule has 2 aromatic heterocycles. The van der Waals surface area contributed by atoms with E-state index in [1.54, 1.807) is 17.1 Å².